The van der Waals surface area contributed by atoms with E-state index in [4.69, 9.17) is 9.84 Å². The van der Waals surface area contributed by atoms with Crippen molar-refractivity contribution in [3.8, 4) is 0 Å². The molecule has 0 aromatic heterocycles. The maximum Gasteiger partial charge on any atom is 0.323 e. The largest absolute Gasteiger partial charge is 0.480 e. The molecule has 116 valence electrons. The molecule has 21 heavy (non-hydrogen) atoms. The van der Waals surface area contributed by atoms with Crippen LogP contribution < -0.4 is 0 Å². The minimum Gasteiger partial charge on any atom is -0.480 e. The summed E-state index contributed by atoms with van der Waals surface area (Å²) in [5, 5.41) is 8.90. The minimum atomic E-state index is -1.08. The fourth-order valence-electron chi connectivity index (χ4n) is 1.81. The lowest BCUT2D eigenvalue weighted by molar-refractivity contribution is -0.145. The predicted molar refractivity (Wildman–Crippen MR) is 75.2 cm³/mol. The summed E-state index contributed by atoms with van der Waals surface area (Å²) in [4.78, 5) is 24.2. The smallest absolute Gasteiger partial charge is 0.323 e. The monoisotopic (exact) mass is 297 g/mol. The summed E-state index contributed by atoms with van der Waals surface area (Å²) >= 11 is 0. The number of carbonyl (C=O) groups excluding carboxylic acids is 1. The zero-order valence-corrected chi connectivity index (χ0v) is 12.2. The van der Waals surface area contributed by atoms with Gasteiger partial charge in [-0.1, -0.05) is 12.1 Å². The van der Waals surface area contributed by atoms with Crippen molar-refractivity contribution in [1.82, 2.24) is 4.90 Å². The minimum absolute atomic E-state index is 0.0635. The molecule has 0 saturated heterocycles. The van der Waals surface area contributed by atoms with Crippen molar-refractivity contribution in [3.05, 3.63) is 35.6 Å². The molecule has 0 heterocycles. The van der Waals surface area contributed by atoms with Gasteiger partial charge >= 0.3 is 5.97 Å². The van der Waals surface area contributed by atoms with E-state index < -0.39 is 5.97 Å². The summed E-state index contributed by atoms with van der Waals surface area (Å²) in [6.07, 6.45) is 0.671. The first-order chi connectivity index (χ1) is 9.92. The third-order valence-electron chi connectivity index (χ3n) is 3.13. The number of nitrogens with zero attached hydrogens (tertiary/aromatic N) is 1. The molecule has 1 aromatic carbocycles. The van der Waals surface area contributed by atoms with E-state index in [9.17, 15) is 14.0 Å². The lowest BCUT2D eigenvalue weighted by Crippen LogP contribution is -2.35. The van der Waals surface area contributed by atoms with E-state index in [0.717, 1.165) is 0 Å². The molecule has 0 radical (unpaired) electrons. The Labute approximate surface area is 123 Å². The molecule has 1 amide bonds. The zero-order valence-electron chi connectivity index (χ0n) is 12.2. The van der Waals surface area contributed by atoms with Crippen LogP contribution in [0.15, 0.2) is 24.3 Å². The maximum atomic E-state index is 12.9. The van der Waals surface area contributed by atoms with Gasteiger partial charge in [0.05, 0.1) is 6.10 Å². The second-order valence-corrected chi connectivity index (χ2v) is 4.86. The molecule has 0 saturated carbocycles. The van der Waals surface area contributed by atoms with Gasteiger partial charge in [-0.15, -0.1) is 0 Å². The summed E-state index contributed by atoms with van der Waals surface area (Å²) in [5.74, 6) is -1.71. The lowest BCUT2D eigenvalue weighted by atomic mass is 10.1. The van der Waals surface area contributed by atoms with Crippen LogP contribution in [0.5, 0.6) is 0 Å². The van der Waals surface area contributed by atoms with Crippen molar-refractivity contribution in [2.24, 2.45) is 0 Å². The van der Waals surface area contributed by atoms with Gasteiger partial charge in [-0.2, -0.15) is 0 Å². The first-order valence-electron chi connectivity index (χ1n) is 6.69. The maximum absolute atomic E-state index is 12.9. The Balaban J connectivity index is 2.68. The average Bonchev–Trinajstić information content (AvgIpc) is 2.45. The molecule has 5 nitrogen and oxygen atoms in total. The van der Waals surface area contributed by atoms with Crippen LogP contribution in [0.2, 0.25) is 0 Å². The average molecular weight is 297 g/mol. The molecular weight excluding hydrogens is 277 g/mol. The third-order valence-corrected chi connectivity index (χ3v) is 3.13. The number of amides is 1. The normalized spacial score (nSPS) is 12.0. The number of ether oxygens (including phenoxy) is 1. The Morgan fingerprint density at radius 1 is 1.33 bits per heavy atom. The van der Waals surface area contributed by atoms with E-state index in [1.807, 2.05) is 6.92 Å². The highest BCUT2D eigenvalue weighted by Gasteiger charge is 2.18. The Morgan fingerprint density at radius 2 is 1.95 bits per heavy atom. The molecule has 1 rings (SSSR count). The van der Waals surface area contributed by atoms with Crippen LogP contribution in [0.3, 0.4) is 0 Å². The number of hydrogen-bond acceptors (Lipinski definition) is 3. The Kier molecular flexibility index (Phi) is 6.81. The fourth-order valence-corrected chi connectivity index (χ4v) is 1.81. The standard InChI is InChI=1S/C15H20FNO4/c1-11(21-2)3-8-14(18)17(10-15(19)20)9-12-4-6-13(16)7-5-12/h4-7,11H,3,8-10H2,1-2H3,(H,19,20). The first-order valence-corrected chi connectivity index (χ1v) is 6.69. The molecule has 6 heteroatoms. The van der Waals surface area contributed by atoms with Gasteiger partial charge in [-0.3, -0.25) is 9.59 Å². The third kappa shape index (κ3) is 6.35. The molecule has 0 spiro atoms. The van der Waals surface area contributed by atoms with Crippen LogP contribution in [-0.2, 0) is 20.9 Å². The van der Waals surface area contributed by atoms with Gasteiger partial charge in [0.25, 0.3) is 0 Å². The van der Waals surface area contributed by atoms with Gasteiger partial charge < -0.3 is 14.7 Å². The number of benzene rings is 1. The molecular formula is C15H20FNO4. The number of carboxylic acids is 1. The van der Waals surface area contributed by atoms with Gasteiger partial charge in [0, 0.05) is 20.1 Å². The molecule has 0 aliphatic heterocycles. The van der Waals surface area contributed by atoms with Crippen LogP contribution >= 0.6 is 0 Å². The highest BCUT2D eigenvalue weighted by atomic mass is 19.1. The first kappa shape index (κ1) is 17.1. The van der Waals surface area contributed by atoms with Crippen molar-refractivity contribution in [1.29, 1.82) is 0 Å². The van der Waals surface area contributed by atoms with E-state index in [-0.39, 0.29) is 37.3 Å². The summed E-state index contributed by atoms with van der Waals surface area (Å²) in [6.45, 7) is 1.61. The van der Waals surface area contributed by atoms with E-state index in [0.29, 0.717) is 12.0 Å². The van der Waals surface area contributed by atoms with E-state index in [2.05, 4.69) is 0 Å². The van der Waals surface area contributed by atoms with Crippen molar-refractivity contribution < 1.29 is 23.8 Å². The molecule has 1 atom stereocenters. The summed E-state index contributed by atoms with van der Waals surface area (Å²) in [6, 6.07) is 5.64. The van der Waals surface area contributed by atoms with Crippen LogP contribution in [0.25, 0.3) is 0 Å². The molecule has 1 N–H and O–H groups in total. The van der Waals surface area contributed by atoms with Gasteiger partial charge in [-0.25, -0.2) is 4.39 Å². The van der Waals surface area contributed by atoms with Crippen molar-refractivity contribution in [2.45, 2.75) is 32.4 Å². The second kappa shape index (κ2) is 8.36. The molecule has 0 fully saturated rings. The predicted octanol–water partition coefficient (Wildman–Crippen LogP) is 2.05. The number of aliphatic carboxylic acids is 1. The van der Waals surface area contributed by atoms with Crippen molar-refractivity contribution in [2.75, 3.05) is 13.7 Å². The number of halogens is 1. The second-order valence-electron chi connectivity index (χ2n) is 4.86. The Hall–Kier alpha value is -1.95. The number of methoxy groups -OCH3 is 1. The summed E-state index contributed by atoms with van der Waals surface area (Å²) < 4.78 is 17.9. The van der Waals surface area contributed by atoms with E-state index in [1.165, 1.54) is 29.2 Å². The quantitative estimate of drug-likeness (QED) is 0.797. The zero-order chi connectivity index (χ0) is 15.8. The van der Waals surface area contributed by atoms with E-state index in [1.54, 1.807) is 7.11 Å². The van der Waals surface area contributed by atoms with Gasteiger partial charge in [-0.05, 0) is 31.0 Å². The number of rotatable bonds is 8. The topological polar surface area (TPSA) is 66.8 Å². The molecule has 0 aliphatic rings. The Morgan fingerprint density at radius 3 is 2.48 bits per heavy atom. The highest BCUT2D eigenvalue weighted by Crippen LogP contribution is 2.10. The van der Waals surface area contributed by atoms with Gasteiger partial charge in [0.15, 0.2) is 0 Å². The number of carboxylic acid groups (broad SMARTS) is 1. The van der Waals surface area contributed by atoms with Crippen LogP contribution in [0, 0.1) is 5.82 Å². The molecule has 1 unspecified atom stereocenters. The SMILES string of the molecule is COC(C)CCC(=O)N(CC(=O)O)Cc1ccc(F)cc1. The van der Waals surface area contributed by atoms with Crippen LogP contribution in [0.4, 0.5) is 4.39 Å². The van der Waals surface area contributed by atoms with Crippen molar-refractivity contribution >= 4 is 11.9 Å². The summed E-state index contributed by atoms with van der Waals surface area (Å²) in [5.41, 5.74) is 0.686. The molecule has 1 aromatic rings. The molecule has 0 aliphatic carbocycles. The molecule has 0 bridgehead atoms. The van der Waals surface area contributed by atoms with Gasteiger partial charge in [0.1, 0.15) is 12.4 Å². The Bertz CT molecular complexity index is 475. The van der Waals surface area contributed by atoms with Crippen molar-refractivity contribution in [3.63, 3.8) is 0 Å². The van der Waals surface area contributed by atoms with Crippen LogP contribution in [0.1, 0.15) is 25.3 Å². The summed E-state index contributed by atoms with van der Waals surface area (Å²) in [7, 11) is 1.56. The number of carbonyl (C=O) groups is 2. The lowest BCUT2D eigenvalue weighted by Gasteiger charge is -2.21. The highest BCUT2D eigenvalue weighted by molar-refractivity contribution is 5.81. The van der Waals surface area contributed by atoms with E-state index >= 15 is 0 Å². The van der Waals surface area contributed by atoms with Crippen LogP contribution in [-0.4, -0.2) is 41.6 Å². The number of hydrogen-bond donors (Lipinski definition) is 1. The van der Waals surface area contributed by atoms with Gasteiger partial charge in [0.2, 0.25) is 5.91 Å². The fraction of sp³-hybridized carbons (Fsp3) is 0.467.